The number of esters is 1. The summed E-state index contributed by atoms with van der Waals surface area (Å²) in [6.07, 6.45) is 5.25. The number of hydrogen-bond donors (Lipinski definition) is 0. The monoisotopic (exact) mass is 277 g/mol. The number of rotatable bonds is 4. The summed E-state index contributed by atoms with van der Waals surface area (Å²) in [5.74, 6) is 0.573. The number of aromatic nitrogens is 2. The molecule has 1 aromatic rings. The van der Waals surface area contributed by atoms with Gasteiger partial charge in [0, 0.05) is 19.3 Å². The third-order valence-electron chi connectivity index (χ3n) is 3.49. The van der Waals surface area contributed by atoms with Crippen molar-refractivity contribution in [2.75, 3.05) is 24.6 Å². The van der Waals surface area contributed by atoms with Crippen LogP contribution in [0.3, 0.4) is 0 Å². The first-order chi connectivity index (χ1) is 9.63. The van der Waals surface area contributed by atoms with Gasteiger partial charge in [-0.15, -0.1) is 0 Å². The van der Waals surface area contributed by atoms with Crippen LogP contribution in [0.5, 0.6) is 0 Å². The summed E-state index contributed by atoms with van der Waals surface area (Å²) in [6.45, 7) is 8.23. The van der Waals surface area contributed by atoms with E-state index in [0.717, 1.165) is 24.7 Å². The predicted octanol–water partition coefficient (Wildman–Crippen LogP) is 2.77. The van der Waals surface area contributed by atoms with E-state index in [-0.39, 0.29) is 11.9 Å². The fourth-order valence-corrected chi connectivity index (χ4v) is 2.44. The minimum Gasteiger partial charge on any atom is -0.462 e. The standard InChI is InChI=1S/C15H23N3O2/c1-4-20-14(19)12-10-16-15(17-13(12)11(2)3)18-8-6-5-7-9-18/h10-11H,4-9H2,1-3H3. The first kappa shape index (κ1) is 14.8. The van der Waals surface area contributed by atoms with E-state index >= 15 is 0 Å². The largest absolute Gasteiger partial charge is 0.462 e. The van der Waals surface area contributed by atoms with E-state index in [1.54, 1.807) is 13.1 Å². The molecule has 0 aliphatic carbocycles. The fourth-order valence-electron chi connectivity index (χ4n) is 2.44. The van der Waals surface area contributed by atoms with Gasteiger partial charge in [-0.25, -0.2) is 14.8 Å². The van der Waals surface area contributed by atoms with Gasteiger partial charge in [0.1, 0.15) is 0 Å². The minimum absolute atomic E-state index is 0.168. The molecule has 0 amide bonds. The lowest BCUT2D eigenvalue weighted by Crippen LogP contribution is -2.31. The van der Waals surface area contributed by atoms with Gasteiger partial charge in [-0.05, 0) is 32.1 Å². The molecule has 0 bridgehead atoms. The van der Waals surface area contributed by atoms with E-state index < -0.39 is 0 Å². The van der Waals surface area contributed by atoms with Crippen molar-refractivity contribution in [1.82, 2.24) is 9.97 Å². The number of carbonyl (C=O) groups excluding carboxylic acids is 1. The van der Waals surface area contributed by atoms with Gasteiger partial charge in [0.05, 0.1) is 17.9 Å². The number of anilines is 1. The molecule has 0 saturated carbocycles. The zero-order valence-corrected chi connectivity index (χ0v) is 12.6. The highest BCUT2D eigenvalue weighted by Crippen LogP contribution is 2.22. The smallest absolute Gasteiger partial charge is 0.341 e. The van der Waals surface area contributed by atoms with Crippen molar-refractivity contribution in [3.05, 3.63) is 17.5 Å². The average Bonchev–Trinajstić information content (AvgIpc) is 2.47. The van der Waals surface area contributed by atoms with Gasteiger partial charge in [0.15, 0.2) is 0 Å². The van der Waals surface area contributed by atoms with Gasteiger partial charge in [0.25, 0.3) is 0 Å². The zero-order chi connectivity index (χ0) is 14.5. The molecule has 5 heteroatoms. The molecule has 0 spiro atoms. The lowest BCUT2D eigenvalue weighted by molar-refractivity contribution is 0.0523. The summed E-state index contributed by atoms with van der Waals surface area (Å²) in [6, 6.07) is 0. The second-order valence-electron chi connectivity index (χ2n) is 5.39. The SMILES string of the molecule is CCOC(=O)c1cnc(N2CCCCC2)nc1C(C)C. The van der Waals surface area contributed by atoms with Crippen molar-refractivity contribution in [2.24, 2.45) is 0 Å². The van der Waals surface area contributed by atoms with Crippen LogP contribution in [0.2, 0.25) is 0 Å². The summed E-state index contributed by atoms with van der Waals surface area (Å²) >= 11 is 0. The van der Waals surface area contributed by atoms with Crippen molar-refractivity contribution >= 4 is 11.9 Å². The number of ether oxygens (including phenoxy) is 1. The van der Waals surface area contributed by atoms with Crippen LogP contribution in [-0.2, 0) is 4.74 Å². The Morgan fingerprint density at radius 1 is 1.35 bits per heavy atom. The molecule has 1 aliphatic heterocycles. The molecule has 1 fully saturated rings. The summed E-state index contributed by atoms with van der Waals surface area (Å²) in [7, 11) is 0. The molecule has 20 heavy (non-hydrogen) atoms. The van der Waals surface area contributed by atoms with E-state index in [9.17, 15) is 4.79 Å². The topological polar surface area (TPSA) is 55.3 Å². The highest BCUT2D eigenvalue weighted by atomic mass is 16.5. The van der Waals surface area contributed by atoms with Crippen LogP contribution in [0, 0.1) is 0 Å². The van der Waals surface area contributed by atoms with E-state index in [0.29, 0.717) is 12.2 Å². The first-order valence-corrected chi connectivity index (χ1v) is 7.42. The van der Waals surface area contributed by atoms with Crippen molar-refractivity contribution in [3.63, 3.8) is 0 Å². The lowest BCUT2D eigenvalue weighted by Gasteiger charge is -2.27. The average molecular weight is 277 g/mol. The van der Waals surface area contributed by atoms with Crippen LogP contribution in [0.15, 0.2) is 6.20 Å². The lowest BCUT2D eigenvalue weighted by atomic mass is 10.1. The molecule has 2 heterocycles. The Morgan fingerprint density at radius 2 is 2.05 bits per heavy atom. The van der Waals surface area contributed by atoms with Crippen LogP contribution in [0.4, 0.5) is 5.95 Å². The third-order valence-corrected chi connectivity index (χ3v) is 3.49. The molecular formula is C15H23N3O2. The molecule has 0 unspecified atom stereocenters. The highest BCUT2D eigenvalue weighted by molar-refractivity contribution is 5.90. The van der Waals surface area contributed by atoms with E-state index in [4.69, 9.17) is 4.74 Å². The predicted molar refractivity (Wildman–Crippen MR) is 78.1 cm³/mol. The fraction of sp³-hybridized carbons (Fsp3) is 0.667. The second-order valence-corrected chi connectivity index (χ2v) is 5.39. The Kier molecular flexibility index (Phi) is 4.93. The molecule has 0 atom stereocenters. The van der Waals surface area contributed by atoms with Gasteiger partial charge in [-0.3, -0.25) is 0 Å². The van der Waals surface area contributed by atoms with Crippen molar-refractivity contribution in [1.29, 1.82) is 0 Å². The maximum Gasteiger partial charge on any atom is 0.341 e. The molecule has 0 radical (unpaired) electrons. The van der Waals surface area contributed by atoms with E-state index in [1.807, 2.05) is 13.8 Å². The van der Waals surface area contributed by atoms with Crippen molar-refractivity contribution < 1.29 is 9.53 Å². The highest BCUT2D eigenvalue weighted by Gasteiger charge is 2.21. The van der Waals surface area contributed by atoms with Crippen molar-refractivity contribution in [2.45, 2.75) is 46.0 Å². The van der Waals surface area contributed by atoms with Crippen LogP contribution >= 0.6 is 0 Å². The van der Waals surface area contributed by atoms with Crippen LogP contribution in [0.1, 0.15) is 62.0 Å². The molecule has 0 aromatic carbocycles. The van der Waals surface area contributed by atoms with Crippen LogP contribution in [-0.4, -0.2) is 35.6 Å². The third kappa shape index (κ3) is 3.26. The van der Waals surface area contributed by atoms with Crippen molar-refractivity contribution in [3.8, 4) is 0 Å². The number of hydrogen-bond acceptors (Lipinski definition) is 5. The Bertz CT molecular complexity index is 468. The molecule has 0 N–H and O–H groups in total. The van der Waals surface area contributed by atoms with Gasteiger partial charge in [0.2, 0.25) is 5.95 Å². The van der Waals surface area contributed by atoms with Gasteiger partial charge in [-0.2, -0.15) is 0 Å². The molecule has 5 nitrogen and oxygen atoms in total. The zero-order valence-electron chi connectivity index (χ0n) is 12.6. The summed E-state index contributed by atoms with van der Waals surface area (Å²) in [4.78, 5) is 23.1. The Balaban J connectivity index is 2.29. The number of nitrogens with zero attached hydrogens (tertiary/aromatic N) is 3. The molecule has 110 valence electrons. The molecular weight excluding hydrogens is 254 g/mol. The van der Waals surface area contributed by atoms with Crippen LogP contribution < -0.4 is 4.90 Å². The maximum atomic E-state index is 11.9. The van der Waals surface area contributed by atoms with Crippen LogP contribution in [0.25, 0.3) is 0 Å². The first-order valence-electron chi connectivity index (χ1n) is 7.42. The second kappa shape index (κ2) is 6.68. The van der Waals surface area contributed by atoms with E-state index in [2.05, 4.69) is 14.9 Å². The Labute approximate surface area is 120 Å². The Hall–Kier alpha value is -1.65. The summed E-state index contributed by atoms with van der Waals surface area (Å²) in [5.41, 5.74) is 1.27. The summed E-state index contributed by atoms with van der Waals surface area (Å²) < 4.78 is 5.07. The van der Waals surface area contributed by atoms with Gasteiger partial charge in [-0.1, -0.05) is 13.8 Å². The molecule has 1 aliphatic rings. The number of piperidine rings is 1. The van der Waals surface area contributed by atoms with Gasteiger partial charge >= 0.3 is 5.97 Å². The minimum atomic E-state index is -0.332. The van der Waals surface area contributed by atoms with E-state index in [1.165, 1.54) is 19.3 Å². The molecule has 2 rings (SSSR count). The molecule has 1 aromatic heterocycles. The quantitative estimate of drug-likeness (QED) is 0.792. The van der Waals surface area contributed by atoms with Gasteiger partial charge < -0.3 is 9.64 Å². The summed E-state index contributed by atoms with van der Waals surface area (Å²) in [5, 5.41) is 0. The number of carbonyl (C=O) groups is 1. The maximum absolute atomic E-state index is 11.9. The normalized spacial score (nSPS) is 15.5. The molecule has 1 saturated heterocycles. The Morgan fingerprint density at radius 3 is 2.65 bits per heavy atom.